The minimum absolute atomic E-state index is 0.199. The van der Waals surface area contributed by atoms with Gasteiger partial charge in [0.1, 0.15) is 0 Å². The molecule has 0 bridgehead atoms. The molecule has 0 aliphatic carbocycles. The number of hydrogen-bond acceptors (Lipinski definition) is 4. The molecule has 5 nitrogen and oxygen atoms in total. The van der Waals surface area contributed by atoms with Crippen molar-refractivity contribution in [2.45, 2.75) is 11.0 Å². The number of halogens is 2. The number of rotatable bonds is 4. The Morgan fingerprint density at radius 2 is 2.11 bits per heavy atom. The molecular formula is C11H13Br2NO4S. The van der Waals surface area contributed by atoms with E-state index >= 15 is 0 Å². The van der Waals surface area contributed by atoms with Gasteiger partial charge in [-0.25, -0.2) is 13.1 Å². The average Bonchev–Trinajstić information content (AvgIpc) is 2.37. The molecule has 0 spiro atoms. The fourth-order valence-corrected chi connectivity index (χ4v) is 4.44. The third kappa shape index (κ3) is 4.24. The maximum atomic E-state index is 12.2. The van der Waals surface area contributed by atoms with Crippen LogP contribution in [-0.4, -0.2) is 40.9 Å². The molecule has 1 N–H and O–H groups in total. The Kier molecular flexibility index (Phi) is 5.38. The van der Waals surface area contributed by atoms with Gasteiger partial charge in [0, 0.05) is 15.5 Å². The number of nitrogens with one attached hydrogen (secondary N) is 1. The molecule has 0 saturated carbocycles. The number of benzene rings is 1. The highest BCUT2D eigenvalue weighted by Crippen LogP contribution is 2.25. The molecule has 0 radical (unpaired) electrons. The summed E-state index contributed by atoms with van der Waals surface area (Å²) in [4.78, 5) is 0.201. The second kappa shape index (κ2) is 6.64. The molecule has 1 saturated heterocycles. The van der Waals surface area contributed by atoms with Crippen LogP contribution in [0.15, 0.2) is 32.0 Å². The summed E-state index contributed by atoms with van der Waals surface area (Å²) in [6.45, 7) is 1.66. The Hall–Kier alpha value is 0.01000. The zero-order valence-electron chi connectivity index (χ0n) is 9.93. The van der Waals surface area contributed by atoms with E-state index in [9.17, 15) is 8.42 Å². The van der Waals surface area contributed by atoms with E-state index < -0.39 is 10.0 Å². The van der Waals surface area contributed by atoms with Gasteiger partial charge in [0.05, 0.1) is 30.8 Å². The van der Waals surface area contributed by atoms with Gasteiger partial charge in [-0.1, -0.05) is 15.9 Å². The molecule has 8 heteroatoms. The average molecular weight is 415 g/mol. The molecule has 19 heavy (non-hydrogen) atoms. The molecule has 106 valence electrons. The summed E-state index contributed by atoms with van der Waals surface area (Å²) in [7, 11) is -3.56. The lowest BCUT2D eigenvalue weighted by atomic mass is 10.3. The molecule has 1 aliphatic rings. The van der Waals surface area contributed by atoms with E-state index in [2.05, 4.69) is 36.6 Å². The van der Waals surface area contributed by atoms with Crippen molar-refractivity contribution in [3.05, 3.63) is 27.1 Å². The van der Waals surface area contributed by atoms with Crippen molar-refractivity contribution in [2.24, 2.45) is 0 Å². The van der Waals surface area contributed by atoms with Crippen molar-refractivity contribution in [3.63, 3.8) is 0 Å². The van der Waals surface area contributed by atoms with E-state index in [4.69, 9.17) is 9.47 Å². The molecular weight excluding hydrogens is 402 g/mol. The van der Waals surface area contributed by atoms with E-state index in [1.54, 1.807) is 12.1 Å². The Labute approximate surface area is 129 Å². The Balaban J connectivity index is 2.05. The van der Waals surface area contributed by atoms with E-state index in [1.165, 1.54) is 6.07 Å². The lowest BCUT2D eigenvalue weighted by Crippen LogP contribution is -2.39. The van der Waals surface area contributed by atoms with E-state index in [0.29, 0.717) is 24.3 Å². The van der Waals surface area contributed by atoms with Crippen LogP contribution in [0.2, 0.25) is 0 Å². The molecule has 1 heterocycles. The maximum Gasteiger partial charge on any atom is 0.241 e. The van der Waals surface area contributed by atoms with Crippen LogP contribution in [0.4, 0.5) is 0 Å². The van der Waals surface area contributed by atoms with E-state index in [0.717, 1.165) is 4.47 Å². The summed E-state index contributed by atoms with van der Waals surface area (Å²) in [6.07, 6.45) is -0.238. The molecule has 0 amide bonds. The zero-order valence-corrected chi connectivity index (χ0v) is 13.9. The van der Waals surface area contributed by atoms with Crippen LogP contribution in [0.1, 0.15) is 0 Å². The molecule has 1 fully saturated rings. The van der Waals surface area contributed by atoms with E-state index in [-0.39, 0.29) is 17.5 Å². The van der Waals surface area contributed by atoms with Gasteiger partial charge >= 0.3 is 0 Å². The number of sulfonamides is 1. The summed E-state index contributed by atoms with van der Waals surface area (Å²) in [5.74, 6) is 0. The van der Waals surface area contributed by atoms with Crippen molar-refractivity contribution >= 4 is 41.9 Å². The smallest absolute Gasteiger partial charge is 0.241 e. The normalized spacial score (nSPS) is 20.4. The lowest BCUT2D eigenvalue weighted by molar-refractivity contribution is -0.0846. The van der Waals surface area contributed by atoms with Crippen LogP contribution in [0.25, 0.3) is 0 Å². The van der Waals surface area contributed by atoms with Crippen molar-refractivity contribution in [3.8, 4) is 0 Å². The second-order valence-electron chi connectivity index (χ2n) is 3.99. The van der Waals surface area contributed by atoms with Crippen LogP contribution >= 0.6 is 31.9 Å². The summed E-state index contributed by atoms with van der Waals surface area (Å²) in [5.41, 5.74) is 0. The first-order valence-electron chi connectivity index (χ1n) is 5.63. The summed E-state index contributed by atoms with van der Waals surface area (Å²) in [5, 5.41) is 0. The van der Waals surface area contributed by atoms with Crippen molar-refractivity contribution in [1.29, 1.82) is 0 Å². The third-order valence-corrected chi connectivity index (χ3v) is 5.46. The van der Waals surface area contributed by atoms with Gasteiger partial charge in [-0.15, -0.1) is 0 Å². The second-order valence-corrected chi connectivity index (χ2v) is 7.50. The van der Waals surface area contributed by atoms with Gasteiger partial charge < -0.3 is 9.47 Å². The predicted octanol–water partition coefficient (Wildman–Crippen LogP) is 1.91. The van der Waals surface area contributed by atoms with Gasteiger partial charge in [-0.05, 0) is 34.1 Å². The van der Waals surface area contributed by atoms with Crippen molar-refractivity contribution in [1.82, 2.24) is 4.72 Å². The Bertz CT molecular complexity index is 544. The fourth-order valence-electron chi connectivity index (χ4n) is 1.63. The van der Waals surface area contributed by atoms with Crippen molar-refractivity contribution in [2.75, 3.05) is 26.4 Å². The highest BCUT2D eigenvalue weighted by atomic mass is 79.9. The van der Waals surface area contributed by atoms with Crippen LogP contribution in [0.3, 0.4) is 0 Å². The molecule has 1 aromatic rings. The predicted molar refractivity (Wildman–Crippen MR) is 77.6 cm³/mol. The van der Waals surface area contributed by atoms with Crippen molar-refractivity contribution < 1.29 is 17.9 Å². The first kappa shape index (κ1) is 15.4. The molecule has 1 aliphatic heterocycles. The quantitative estimate of drug-likeness (QED) is 0.817. The summed E-state index contributed by atoms with van der Waals surface area (Å²) >= 11 is 6.53. The number of ether oxygens (including phenoxy) is 2. The maximum absolute atomic E-state index is 12.2. The monoisotopic (exact) mass is 413 g/mol. The van der Waals surface area contributed by atoms with Crippen LogP contribution < -0.4 is 4.72 Å². The minimum Gasteiger partial charge on any atom is -0.376 e. The van der Waals surface area contributed by atoms with Gasteiger partial charge in [-0.2, -0.15) is 0 Å². The van der Waals surface area contributed by atoms with Gasteiger partial charge in [0.15, 0.2) is 0 Å². The zero-order chi connectivity index (χ0) is 13.9. The summed E-state index contributed by atoms with van der Waals surface area (Å²) in [6, 6.07) is 4.91. The van der Waals surface area contributed by atoms with Gasteiger partial charge in [0.25, 0.3) is 0 Å². The highest BCUT2D eigenvalue weighted by molar-refractivity contribution is 9.11. The SMILES string of the molecule is O=S(=O)(NCC1COCCO1)c1ccc(Br)cc1Br. The Morgan fingerprint density at radius 1 is 1.32 bits per heavy atom. The standard InChI is InChI=1S/C11H13Br2NO4S/c12-8-1-2-11(10(13)5-8)19(15,16)14-6-9-7-17-3-4-18-9/h1-2,5,9,14H,3-4,6-7H2. The highest BCUT2D eigenvalue weighted by Gasteiger charge is 2.21. The van der Waals surface area contributed by atoms with Crippen LogP contribution in [0.5, 0.6) is 0 Å². The fraction of sp³-hybridized carbons (Fsp3) is 0.455. The van der Waals surface area contributed by atoms with Gasteiger partial charge in [0.2, 0.25) is 10.0 Å². The minimum atomic E-state index is -3.56. The summed E-state index contributed by atoms with van der Waals surface area (Å²) < 4.78 is 38.8. The largest absolute Gasteiger partial charge is 0.376 e. The van der Waals surface area contributed by atoms with E-state index in [1.807, 2.05) is 0 Å². The molecule has 1 aromatic carbocycles. The first-order chi connectivity index (χ1) is 8.99. The Morgan fingerprint density at radius 3 is 2.74 bits per heavy atom. The molecule has 1 unspecified atom stereocenters. The molecule has 1 atom stereocenters. The van der Waals surface area contributed by atoms with Gasteiger partial charge in [-0.3, -0.25) is 0 Å². The third-order valence-electron chi connectivity index (χ3n) is 2.57. The molecule has 0 aromatic heterocycles. The van der Waals surface area contributed by atoms with Crippen LogP contribution in [0, 0.1) is 0 Å². The number of hydrogen-bond donors (Lipinski definition) is 1. The molecule has 2 rings (SSSR count). The van der Waals surface area contributed by atoms with Crippen LogP contribution in [-0.2, 0) is 19.5 Å². The topological polar surface area (TPSA) is 64.6 Å². The first-order valence-corrected chi connectivity index (χ1v) is 8.70. The lowest BCUT2D eigenvalue weighted by Gasteiger charge is -2.23.